The Labute approximate surface area is 146 Å². The molecule has 0 amide bonds. The van der Waals surface area contributed by atoms with Crippen LogP contribution in [0.4, 0.5) is 0 Å². The lowest BCUT2D eigenvalue weighted by atomic mass is 10.2. The van der Waals surface area contributed by atoms with Gasteiger partial charge in [0.25, 0.3) is 0 Å². The molecule has 0 radical (unpaired) electrons. The summed E-state index contributed by atoms with van der Waals surface area (Å²) < 4.78 is 22.0. The van der Waals surface area contributed by atoms with Crippen LogP contribution in [-0.4, -0.2) is 39.0 Å². The Kier molecular flexibility index (Phi) is 7.59. The van der Waals surface area contributed by atoms with Gasteiger partial charge < -0.3 is 28.8 Å². The van der Waals surface area contributed by atoms with Crippen molar-refractivity contribution in [3.05, 3.63) is 54.1 Å². The van der Waals surface area contributed by atoms with Gasteiger partial charge in [-0.05, 0) is 48.9 Å². The monoisotopic (exact) mass is 345 g/mol. The number of hydrogen-bond donors (Lipinski definition) is 0. The summed E-state index contributed by atoms with van der Waals surface area (Å²) >= 11 is 0. The normalized spacial score (nSPS) is 10.3. The molecule has 134 valence electrons. The molecule has 0 aromatic heterocycles. The predicted molar refractivity (Wildman–Crippen MR) is 90.2 cm³/mol. The minimum Gasteiger partial charge on any atom is -0.545 e. The second kappa shape index (κ2) is 10.2. The third-order valence-corrected chi connectivity index (χ3v) is 3.22. The van der Waals surface area contributed by atoms with Gasteiger partial charge in [0.05, 0.1) is 25.8 Å². The van der Waals surface area contributed by atoms with E-state index in [0.29, 0.717) is 50.3 Å². The minimum absolute atomic E-state index is 0.119. The molecule has 25 heavy (non-hydrogen) atoms. The van der Waals surface area contributed by atoms with Gasteiger partial charge in [0.15, 0.2) is 11.5 Å². The Morgan fingerprint density at radius 1 is 0.840 bits per heavy atom. The van der Waals surface area contributed by atoms with Gasteiger partial charge in [-0.3, -0.25) is 0 Å². The molecule has 2 aromatic rings. The maximum Gasteiger partial charge on any atom is 0.161 e. The fourth-order valence-electron chi connectivity index (χ4n) is 2.06. The third-order valence-electron chi connectivity index (χ3n) is 3.22. The van der Waals surface area contributed by atoms with E-state index in [2.05, 4.69) is 0 Å². The summed E-state index contributed by atoms with van der Waals surface area (Å²) in [4.78, 5) is 10.6. The molecule has 0 N–H and O–H groups in total. The number of carboxylic acid groups (broad SMARTS) is 1. The molecule has 0 aliphatic heterocycles. The number of carbonyl (C=O) groups excluding carboxylic acids is 1. The summed E-state index contributed by atoms with van der Waals surface area (Å²) in [5, 5.41) is 10.6. The summed E-state index contributed by atoms with van der Waals surface area (Å²) in [5.74, 6) is 0.779. The zero-order chi connectivity index (χ0) is 17.9. The first-order valence-corrected chi connectivity index (χ1v) is 8.07. The Hall–Kier alpha value is -2.73. The SMILES string of the molecule is CCOc1ccccc1OCCOCCOc1ccc(C(=O)[O-])cc1. The number of carbonyl (C=O) groups is 1. The van der Waals surface area contributed by atoms with Crippen molar-refractivity contribution in [3.8, 4) is 17.2 Å². The second-order valence-electron chi connectivity index (χ2n) is 5.00. The number of aromatic carboxylic acids is 1. The molecule has 0 aliphatic carbocycles. The van der Waals surface area contributed by atoms with Gasteiger partial charge in [0.2, 0.25) is 0 Å². The fourth-order valence-corrected chi connectivity index (χ4v) is 2.06. The van der Waals surface area contributed by atoms with E-state index in [1.807, 2.05) is 31.2 Å². The fraction of sp³-hybridized carbons (Fsp3) is 0.316. The van der Waals surface area contributed by atoms with Crippen LogP contribution in [0.5, 0.6) is 17.2 Å². The van der Waals surface area contributed by atoms with E-state index >= 15 is 0 Å². The molecule has 0 unspecified atom stereocenters. The Balaban J connectivity index is 1.60. The van der Waals surface area contributed by atoms with Crippen molar-refractivity contribution in [1.29, 1.82) is 0 Å². The topological polar surface area (TPSA) is 77.0 Å². The van der Waals surface area contributed by atoms with E-state index in [-0.39, 0.29) is 5.56 Å². The first kappa shape index (κ1) is 18.6. The molecule has 2 aromatic carbocycles. The molecule has 0 fully saturated rings. The highest BCUT2D eigenvalue weighted by molar-refractivity contribution is 5.85. The number of para-hydroxylation sites is 2. The van der Waals surface area contributed by atoms with Gasteiger partial charge in [-0.25, -0.2) is 0 Å². The van der Waals surface area contributed by atoms with Crippen molar-refractivity contribution in [2.45, 2.75) is 6.92 Å². The van der Waals surface area contributed by atoms with E-state index in [1.165, 1.54) is 12.1 Å². The zero-order valence-corrected chi connectivity index (χ0v) is 14.1. The quantitative estimate of drug-likeness (QED) is 0.579. The van der Waals surface area contributed by atoms with E-state index in [1.54, 1.807) is 12.1 Å². The lowest BCUT2D eigenvalue weighted by molar-refractivity contribution is -0.255. The average Bonchev–Trinajstić information content (AvgIpc) is 2.63. The van der Waals surface area contributed by atoms with Crippen LogP contribution in [0.25, 0.3) is 0 Å². The highest BCUT2D eigenvalue weighted by atomic mass is 16.6. The van der Waals surface area contributed by atoms with E-state index in [4.69, 9.17) is 18.9 Å². The van der Waals surface area contributed by atoms with Crippen LogP contribution in [0.1, 0.15) is 17.3 Å². The molecular formula is C19H21O6-. The van der Waals surface area contributed by atoms with Gasteiger partial charge in [0.1, 0.15) is 19.0 Å². The first-order chi connectivity index (χ1) is 12.2. The largest absolute Gasteiger partial charge is 0.545 e. The molecular weight excluding hydrogens is 324 g/mol. The molecule has 0 saturated carbocycles. The lowest BCUT2D eigenvalue weighted by Crippen LogP contribution is -2.21. The van der Waals surface area contributed by atoms with Crippen LogP contribution in [0.2, 0.25) is 0 Å². The van der Waals surface area contributed by atoms with Crippen molar-refractivity contribution in [1.82, 2.24) is 0 Å². The van der Waals surface area contributed by atoms with Crippen LogP contribution in [0.3, 0.4) is 0 Å². The van der Waals surface area contributed by atoms with Gasteiger partial charge >= 0.3 is 0 Å². The molecule has 0 atom stereocenters. The first-order valence-electron chi connectivity index (χ1n) is 8.07. The summed E-state index contributed by atoms with van der Waals surface area (Å²) in [7, 11) is 0. The number of carboxylic acids is 1. The Morgan fingerprint density at radius 2 is 1.44 bits per heavy atom. The van der Waals surface area contributed by atoms with Crippen molar-refractivity contribution in [2.75, 3.05) is 33.0 Å². The number of hydrogen-bond acceptors (Lipinski definition) is 6. The van der Waals surface area contributed by atoms with Crippen LogP contribution >= 0.6 is 0 Å². The maximum absolute atomic E-state index is 10.6. The Morgan fingerprint density at radius 3 is 2.04 bits per heavy atom. The molecule has 6 heteroatoms. The van der Waals surface area contributed by atoms with Gasteiger partial charge in [-0.2, -0.15) is 0 Å². The maximum atomic E-state index is 10.6. The molecule has 0 aliphatic rings. The summed E-state index contributed by atoms with van der Waals surface area (Å²) in [6.07, 6.45) is 0. The van der Waals surface area contributed by atoms with Gasteiger partial charge in [-0.1, -0.05) is 12.1 Å². The third kappa shape index (κ3) is 6.35. The van der Waals surface area contributed by atoms with Crippen LogP contribution in [0, 0.1) is 0 Å². The molecule has 2 rings (SSSR count). The minimum atomic E-state index is -1.21. The molecule has 6 nitrogen and oxygen atoms in total. The standard InChI is InChI=1S/C19H22O6/c1-2-23-17-5-3-4-6-18(17)25-14-12-22-11-13-24-16-9-7-15(8-10-16)19(20)21/h3-10H,2,11-14H2,1H3,(H,20,21)/p-1. The lowest BCUT2D eigenvalue weighted by Gasteiger charge is -2.12. The molecule has 0 heterocycles. The van der Waals surface area contributed by atoms with Gasteiger partial charge in [0, 0.05) is 0 Å². The van der Waals surface area contributed by atoms with E-state index in [0.717, 1.165) is 0 Å². The number of rotatable bonds is 11. The molecule has 0 saturated heterocycles. The summed E-state index contributed by atoms with van der Waals surface area (Å²) in [5.41, 5.74) is 0.119. The van der Waals surface area contributed by atoms with Crippen molar-refractivity contribution in [3.63, 3.8) is 0 Å². The van der Waals surface area contributed by atoms with Gasteiger partial charge in [-0.15, -0.1) is 0 Å². The highest BCUT2D eigenvalue weighted by Crippen LogP contribution is 2.26. The summed E-state index contributed by atoms with van der Waals surface area (Å²) in [6.45, 7) is 4.10. The van der Waals surface area contributed by atoms with Crippen LogP contribution in [-0.2, 0) is 4.74 Å². The van der Waals surface area contributed by atoms with Crippen LogP contribution < -0.4 is 19.3 Å². The van der Waals surface area contributed by atoms with Crippen LogP contribution in [0.15, 0.2) is 48.5 Å². The van der Waals surface area contributed by atoms with E-state index in [9.17, 15) is 9.90 Å². The Bertz CT molecular complexity index is 653. The zero-order valence-electron chi connectivity index (χ0n) is 14.1. The smallest absolute Gasteiger partial charge is 0.161 e. The number of benzene rings is 2. The van der Waals surface area contributed by atoms with E-state index < -0.39 is 5.97 Å². The number of ether oxygens (including phenoxy) is 4. The predicted octanol–water partition coefficient (Wildman–Crippen LogP) is 1.92. The molecule has 0 spiro atoms. The summed E-state index contributed by atoms with van der Waals surface area (Å²) in [6, 6.07) is 13.5. The van der Waals surface area contributed by atoms with Crippen molar-refractivity contribution in [2.24, 2.45) is 0 Å². The second-order valence-corrected chi connectivity index (χ2v) is 5.00. The van der Waals surface area contributed by atoms with Crippen molar-refractivity contribution < 1.29 is 28.8 Å². The highest BCUT2D eigenvalue weighted by Gasteiger charge is 2.03. The molecule has 0 bridgehead atoms. The average molecular weight is 345 g/mol. The van der Waals surface area contributed by atoms with Crippen molar-refractivity contribution >= 4 is 5.97 Å².